The lowest BCUT2D eigenvalue weighted by Gasteiger charge is -2.37. The minimum absolute atomic E-state index is 0.0468. The van der Waals surface area contributed by atoms with Crippen LogP contribution in [0.1, 0.15) is 33.1 Å². The van der Waals surface area contributed by atoms with Gasteiger partial charge in [0, 0.05) is 38.8 Å². The van der Waals surface area contributed by atoms with Crippen LogP contribution in [0.3, 0.4) is 0 Å². The summed E-state index contributed by atoms with van der Waals surface area (Å²) in [6.07, 6.45) is 2.59. The second kappa shape index (κ2) is 7.11. The van der Waals surface area contributed by atoms with Gasteiger partial charge in [0.25, 0.3) is 0 Å². The number of piperazine rings is 1. The summed E-state index contributed by atoms with van der Waals surface area (Å²) in [5, 5.41) is 12.1. The lowest BCUT2D eigenvalue weighted by Crippen LogP contribution is -2.53. The molecule has 2 unspecified atom stereocenters. The molecule has 6 nitrogen and oxygen atoms in total. The minimum Gasteiger partial charge on any atom is -0.481 e. The summed E-state index contributed by atoms with van der Waals surface area (Å²) in [6, 6.07) is 0.472. The Balaban J connectivity index is 1.74. The molecule has 21 heavy (non-hydrogen) atoms. The van der Waals surface area contributed by atoms with Gasteiger partial charge in [-0.3, -0.25) is 9.69 Å². The molecule has 120 valence electrons. The van der Waals surface area contributed by atoms with Gasteiger partial charge in [-0.1, -0.05) is 6.42 Å². The highest BCUT2D eigenvalue weighted by atomic mass is 16.4. The molecule has 0 spiro atoms. The van der Waals surface area contributed by atoms with Gasteiger partial charge in [0.05, 0.1) is 5.92 Å². The largest absolute Gasteiger partial charge is 0.481 e. The lowest BCUT2D eigenvalue weighted by atomic mass is 9.96. The number of hydrogen-bond acceptors (Lipinski definition) is 3. The van der Waals surface area contributed by atoms with E-state index in [9.17, 15) is 9.59 Å². The second-order valence-corrected chi connectivity index (χ2v) is 6.44. The molecule has 2 rings (SSSR count). The molecule has 6 heteroatoms. The van der Waals surface area contributed by atoms with Gasteiger partial charge in [0.2, 0.25) is 0 Å². The van der Waals surface area contributed by atoms with Crippen LogP contribution in [0.4, 0.5) is 4.79 Å². The van der Waals surface area contributed by atoms with Crippen molar-refractivity contribution in [3.8, 4) is 0 Å². The molecule has 1 aliphatic heterocycles. The molecule has 0 aromatic heterocycles. The van der Waals surface area contributed by atoms with Crippen molar-refractivity contribution in [1.29, 1.82) is 0 Å². The molecule has 1 saturated carbocycles. The number of amides is 2. The molecule has 2 atom stereocenters. The van der Waals surface area contributed by atoms with E-state index in [1.165, 1.54) is 0 Å². The van der Waals surface area contributed by atoms with Gasteiger partial charge in [0.15, 0.2) is 0 Å². The summed E-state index contributed by atoms with van der Waals surface area (Å²) < 4.78 is 0. The molecule has 1 aliphatic carbocycles. The van der Waals surface area contributed by atoms with Gasteiger partial charge >= 0.3 is 12.0 Å². The minimum atomic E-state index is -0.725. The fourth-order valence-corrected chi connectivity index (χ4v) is 3.38. The first kappa shape index (κ1) is 16.1. The first-order valence-electron chi connectivity index (χ1n) is 7.98. The quantitative estimate of drug-likeness (QED) is 0.818. The van der Waals surface area contributed by atoms with E-state index in [1.807, 2.05) is 4.90 Å². The topological polar surface area (TPSA) is 72.9 Å². The van der Waals surface area contributed by atoms with Gasteiger partial charge in [-0.05, 0) is 32.6 Å². The number of nitrogens with one attached hydrogen (secondary N) is 1. The van der Waals surface area contributed by atoms with Crippen molar-refractivity contribution in [2.24, 2.45) is 11.8 Å². The van der Waals surface area contributed by atoms with Crippen molar-refractivity contribution >= 4 is 12.0 Å². The second-order valence-electron chi connectivity index (χ2n) is 6.44. The van der Waals surface area contributed by atoms with E-state index in [1.54, 1.807) is 0 Å². The van der Waals surface area contributed by atoms with Gasteiger partial charge < -0.3 is 15.3 Å². The van der Waals surface area contributed by atoms with Crippen LogP contribution in [0.15, 0.2) is 0 Å². The van der Waals surface area contributed by atoms with Gasteiger partial charge in [-0.25, -0.2) is 4.79 Å². The number of carboxylic acid groups (broad SMARTS) is 1. The molecule has 0 aromatic rings. The zero-order chi connectivity index (χ0) is 15.4. The average Bonchev–Trinajstić information content (AvgIpc) is 2.93. The number of carbonyl (C=O) groups is 2. The maximum absolute atomic E-state index is 12.2. The molecule has 2 fully saturated rings. The Morgan fingerprint density at radius 3 is 2.43 bits per heavy atom. The van der Waals surface area contributed by atoms with Crippen molar-refractivity contribution < 1.29 is 14.7 Å². The van der Waals surface area contributed by atoms with Crippen LogP contribution in [0, 0.1) is 11.8 Å². The molecule has 0 bridgehead atoms. The van der Waals surface area contributed by atoms with Crippen LogP contribution in [-0.4, -0.2) is 65.7 Å². The van der Waals surface area contributed by atoms with E-state index in [0.717, 1.165) is 45.4 Å². The molecule has 2 aliphatic rings. The molecule has 2 amide bonds. The summed E-state index contributed by atoms with van der Waals surface area (Å²) in [4.78, 5) is 27.5. The Hall–Kier alpha value is -1.30. The molecule has 2 N–H and O–H groups in total. The van der Waals surface area contributed by atoms with Crippen LogP contribution >= 0.6 is 0 Å². The summed E-state index contributed by atoms with van der Waals surface area (Å²) in [5.74, 6) is -0.927. The first-order chi connectivity index (χ1) is 9.99. The Morgan fingerprint density at radius 1 is 1.19 bits per heavy atom. The predicted octanol–water partition coefficient (Wildman–Crippen LogP) is 1.22. The van der Waals surface area contributed by atoms with Crippen LogP contribution < -0.4 is 5.32 Å². The average molecular weight is 297 g/mol. The number of carboxylic acids is 1. The summed E-state index contributed by atoms with van der Waals surface area (Å²) in [7, 11) is 0. The van der Waals surface area contributed by atoms with Crippen molar-refractivity contribution in [3.63, 3.8) is 0 Å². The Kier molecular flexibility index (Phi) is 5.45. The van der Waals surface area contributed by atoms with E-state index < -0.39 is 5.97 Å². The molecule has 0 aromatic carbocycles. The summed E-state index contributed by atoms with van der Waals surface area (Å²) in [6.45, 7) is 8.14. The van der Waals surface area contributed by atoms with Crippen molar-refractivity contribution in [2.75, 3.05) is 32.7 Å². The highest BCUT2D eigenvalue weighted by Gasteiger charge is 2.33. The fraction of sp³-hybridized carbons (Fsp3) is 0.867. The number of aliphatic carboxylic acids is 1. The number of urea groups is 1. The zero-order valence-corrected chi connectivity index (χ0v) is 13.0. The molecular formula is C15H27N3O3. The first-order valence-corrected chi connectivity index (χ1v) is 7.98. The predicted molar refractivity (Wildman–Crippen MR) is 80.1 cm³/mol. The van der Waals surface area contributed by atoms with E-state index in [4.69, 9.17) is 5.11 Å². The highest BCUT2D eigenvalue weighted by Crippen LogP contribution is 2.31. The smallest absolute Gasteiger partial charge is 0.317 e. The van der Waals surface area contributed by atoms with Crippen LogP contribution in [0.2, 0.25) is 0 Å². The highest BCUT2D eigenvalue weighted by molar-refractivity contribution is 5.74. The van der Waals surface area contributed by atoms with E-state index in [2.05, 4.69) is 24.1 Å². The third kappa shape index (κ3) is 4.09. The maximum atomic E-state index is 12.2. The molecule has 1 heterocycles. The fourth-order valence-electron chi connectivity index (χ4n) is 3.38. The summed E-state index contributed by atoms with van der Waals surface area (Å²) >= 11 is 0. The van der Waals surface area contributed by atoms with Gasteiger partial charge in [-0.2, -0.15) is 0 Å². The number of hydrogen-bond donors (Lipinski definition) is 2. The number of carbonyl (C=O) groups excluding carboxylic acids is 1. The monoisotopic (exact) mass is 297 g/mol. The normalized spacial score (nSPS) is 27.1. The van der Waals surface area contributed by atoms with Gasteiger partial charge in [-0.15, -0.1) is 0 Å². The lowest BCUT2D eigenvalue weighted by molar-refractivity contribution is -0.142. The molecule has 1 saturated heterocycles. The molecule has 0 radical (unpaired) electrons. The van der Waals surface area contributed by atoms with E-state index in [-0.39, 0.29) is 17.9 Å². The van der Waals surface area contributed by atoms with Gasteiger partial charge in [0.1, 0.15) is 0 Å². The number of nitrogens with zero attached hydrogens (tertiary/aromatic N) is 2. The van der Waals surface area contributed by atoms with Crippen LogP contribution in [-0.2, 0) is 4.79 Å². The third-order valence-electron chi connectivity index (χ3n) is 4.82. The summed E-state index contributed by atoms with van der Waals surface area (Å²) in [5.41, 5.74) is 0. The standard InChI is InChI=1S/C15H27N3O3/c1-11(2)17-6-8-18(9-7-17)15(21)16-10-12-4-3-5-13(12)14(19)20/h11-13H,3-10H2,1-2H3,(H,16,21)(H,19,20). The Bertz CT molecular complexity index is 378. The maximum Gasteiger partial charge on any atom is 0.317 e. The SMILES string of the molecule is CC(C)N1CCN(C(=O)NCC2CCCC2C(=O)O)CC1. The van der Waals surface area contributed by atoms with Crippen LogP contribution in [0.5, 0.6) is 0 Å². The van der Waals surface area contributed by atoms with Crippen molar-refractivity contribution in [1.82, 2.24) is 15.1 Å². The Labute approximate surface area is 126 Å². The molecular weight excluding hydrogens is 270 g/mol. The van der Waals surface area contributed by atoms with E-state index >= 15 is 0 Å². The Morgan fingerprint density at radius 2 is 1.86 bits per heavy atom. The van der Waals surface area contributed by atoms with Crippen molar-refractivity contribution in [2.45, 2.75) is 39.2 Å². The number of rotatable bonds is 4. The van der Waals surface area contributed by atoms with E-state index in [0.29, 0.717) is 12.6 Å². The van der Waals surface area contributed by atoms with Crippen molar-refractivity contribution in [3.05, 3.63) is 0 Å². The third-order valence-corrected chi connectivity index (χ3v) is 4.82. The zero-order valence-electron chi connectivity index (χ0n) is 13.0. The van der Waals surface area contributed by atoms with Crippen LogP contribution in [0.25, 0.3) is 0 Å².